The van der Waals surface area contributed by atoms with Gasteiger partial charge in [0.25, 0.3) is 5.91 Å². The van der Waals surface area contributed by atoms with Crippen LogP contribution < -0.4 is 10.2 Å². The lowest BCUT2D eigenvalue weighted by Crippen LogP contribution is -2.20. The van der Waals surface area contributed by atoms with E-state index in [2.05, 4.69) is 17.1 Å². The molecular weight excluding hydrogens is 220 g/mol. The fraction of sp³-hybridized carbons (Fsp3) is 0.167. The van der Waals surface area contributed by atoms with Gasteiger partial charge >= 0.3 is 0 Å². The first-order valence-corrected chi connectivity index (χ1v) is 5.03. The number of benzene rings is 1. The standard InChI is InChI=1S/C12H14N2O3/c1-2-6-17-11-5-3-4-10(7-11)8-13-14-12(16)9-15/h2-5,7-8,15H,1,6,9H2,(H,14,16)/b13-8-. The monoisotopic (exact) mass is 234 g/mol. The number of hydrogen-bond acceptors (Lipinski definition) is 4. The van der Waals surface area contributed by atoms with Gasteiger partial charge in [0.1, 0.15) is 19.0 Å². The second kappa shape index (κ2) is 7.19. The molecule has 1 rings (SSSR count). The number of hydrazone groups is 1. The largest absolute Gasteiger partial charge is 0.490 e. The SMILES string of the molecule is C=CCOc1cccc(/C=N\NC(=O)CO)c1. The fourth-order valence-corrected chi connectivity index (χ4v) is 1.05. The molecule has 0 saturated carbocycles. The summed E-state index contributed by atoms with van der Waals surface area (Å²) in [6.45, 7) is 3.40. The molecule has 0 heterocycles. The molecule has 5 heteroatoms. The zero-order valence-electron chi connectivity index (χ0n) is 9.30. The molecule has 90 valence electrons. The minimum absolute atomic E-state index is 0.432. The van der Waals surface area contributed by atoms with E-state index >= 15 is 0 Å². The molecule has 5 nitrogen and oxygen atoms in total. The maximum absolute atomic E-state index is 10.7. The lowest BCUT2D eigenvalue weighted by atomic mass is 10.2. The van der Waals surface area contributed by atoms with Crippen LogP contribution in [0, 0.1) is 0 Å². The fourth-order valence-electron chi connectivity index (χ4n) is 1.05. The van der Waals surface area contributed by atoms with Gasteiger partial charge in [-0.2, -0.15) is 5.10 Å². The van der Waals surface area contributed by atoms with Crippen molar-refractivity contribution in [3.8, 4) is 5.75 Å². The topological polar surface area (TPSA) is 70.9 Å². The molecule has 0 aromatic heterocycles. The highest BCUT2D eigenvalue weighted by atomic mass is 16.5. The van der Waals surface area contributed by atoms with E-state index < -0.39 is 12.5 Å². The molecule has 1 aromatic carbocycles. The van der Waals surface area contributed by atoms with Crippen LogP contribution in [0.2, 0.25) is 0 Å². The summed E-state index contributed by atoms with van der Waals surface area (Å²) in [6.07, 6.45) is 3.12. The predicted octanol–water partition coefficient (Wildman–Crippen LogP) is 0.694. The van der Waals surface area contributed by atoms with Gasteiger partial charge in [-0.25, -0.2) is 5.43 Å². The Kier molecular flexibility index (Phi) is 5.46. The van der Waals surface area contributed by atoms with Crippen molar-refractivity contribution in [1.29, 1.82) is 0 Å². The number of ether oxygens (including phenoxy) is 1. The summed E-state index contributed by atoms with van der Waals surface area (Å²) < 4.78 is 5.34. The normalized spacial score (nSPS) is 10.2. The van der Waals surface area contributed by atoms with Crippen molar-refractivity contribution in [2.45, 2.75) is 0 Å². The predicted molar refractivity (Wildman–Crippen MR) is 65.0 cm³/mol. The van der Waals surface area contributed by atoms with Gasteiger partial charge in [-0.3, -0.25) is 4.79 Å². The second-order valence-electron chi connectivity index (χ2n) is 3.12. The van der Waals surface area contributed by atoms with Crippen LogP contribution in [0.4, 0.5) is 0 Å². The quantitative estimate of drug-likeness (QED) is 0.432. The van der Waals surface area contributed by atoms with Gasteiger partial charge in [-0.1, -0.05) is 24.8 Å². The highest BCUT2D eigenvalue weighted by Gasteiger charge is 1.95. The molecule has 0 unspecified atom stereocenters. The van der Waals surface area contributed by atoms with Crippen LogP contribution in [0.3, 0.4) is 0 Å². The molecule has 1 amide bonds. The molecule has 0 fully saturated rings. The average Bonchev–Trinajstić information content (AvgIpc) is 2.36. The van der Waals surface area contributed by atoms with Crippen LogP contribution in [-0.2, 0) is 4.79 Å². The molecule has 0 saturated heterocycles. The van der Waals surface area contributed by atoms with Crippen molar-refractivity contribution in [2.24, 2.45) is 5.10 Å². The first-order valence-electron chi connectivity index (χ1n) is 5.03. The molecule has 0 spiro atoms. The zero-order valence-corrected chi connectivity index (χ0v) is 9.30. The number of carbonyl (C=O) groups excluding carboxylic acids is 1. The van der Waals surface area contributed by atoms with Gasteiger partial charge in [0.15, 0.2) is 0 Å². The number of amides is 1. The lowest BCUT2D eigenvalue weighted by Gasteiger charge is -2.03. The van der Waals surface area contributed by atoms with Crippen LogP contribution >= 0.6 is 0 Å². The number of nitrogens with zero attached hydrogens (tertiary/aromatic N) is 1. The highest BCUT2D eigenvalue weighted by Crippen LogP contribution is 2.11. The minimum atomic E-state index is -0.584. The van der Waals surface area contributed by atoms with Crippen LogP contribution in [0.1, 0.15) is 5.56 Å². The average molecular weight is 234 g/mol. The molecule has 17 heavy (non-hydrogen) atoms. The van der Waals surface area contributed by atoms with Crippen LogP contribution in [-0.4, -0.2) is 30.4 Å². The van der Waals surface area contributed by atoms with E-state index in [-0.39, 0.29) is 0 Å². The Hall–Kier alpha value is -2.14. The van der Waals surface area contributed by atoms with Gasteiger partial charge in [0.05, 0.1) is 6.21 Å². The van der Waals surface area contributed by atoms with E-state index in [1.165, 1.54) is 6.21 Å². The molecule has 0 bridgehead atoms. The van der Waals surface area contributed by atoms with Crippen LogP contribution in [0.15, 0.2) is 42.0 Å². The lowest BCUT2D eigenvalue weighted by molar-refractivity contribution is -0.123. The summed E-state index contributed by atoms with van der Waals surface area (Å²) in [5.74, 6) is 0.141. The Morgan fingerprint density at radius 1 is 1.59 bits per heavy atom. The van der Waals surface area contributed by atoms with Crippen molar-refractivity contribution in [3.05, 3.63) is 42.5 Å². The van der Waals surface area contributed by atoms with Crippen molar-refractivity contribution >= 4 is 12.1 Å². The number of rotatable bonds is 6. The number of aliphatic hydroxyl groups is 1. The van der Waals surface area contributed by atoms with Crippen LogP contribution in [0.5, 0.6) is 5.75 Å². The molecule has 0 aliphatic heterocycles. The number of nitrogens with one attached hydrogen (secondary N) is 1. The third-order valence-corrected chi connectivity index (χ3v) is 1.77. The van der Waals surface area contributed by atoms with E-state index in [4.69, 9.17) is 9.84 Å². The first kappa shape index (κ1) is 12.9. The molecule has 0 atom stereocenters. The maximum atomic E-state index is 10.7. The zero-order chi connectivity index (χ0) is 12.5. The Morgan fingerprint density at radius 2 is 2.41 bits per heavy atom. The van der Waals surface area contributed by atoms with Gasteiger partial charge in [-0.15, -0.1) is 0 Å². The highest BCUT2D eigenvalue weighted by molar-refractivity contribution is 5.83. The van der Waals surface area contributed by atoms with E-state index in [9.17, 15) is 4.79 Å². The summed E-state index contributed by atoms with van der Waals surface area (Å²) in [7, 11) is 0. The third-order valence-electron chi connectivity index (χ3n) is 1.77. The number of hydrogen-bond donors (Lipinski definition) is 2. The maximum Gasteiger partial charge on any atom is 0.265 e. The summed E-state index contributed by atoms with van der Waals surface area (Å²) >= 11 is 0. The minimum Gasteiger partial charge on any atom is -0.490 e. The van der Waals surface area contributed by atoms with Gasteiger partial charge < -0.3 is 9.84 Å². The smallest absolute Gasteiger partial charge is 0.265 e. The molecule has 0 aliphatic rings. The molecule has 1 aromatic rings. The number of aliphatic hydroxyl groups excluding tert-OH is 1. The number of carbonyl (C=O) groups is 1. The summed E-state index contributed by atoms with van der Waals surface area (Å²) in [5.41, 5.74) is 2.95. The first-order chi connectivity index (χ1) is 8.26. The van der Waals surface area contributed by atoms with Gasteiger partial charge in [0.2, 0.25) is 0 Å². The van der Waals surface area contributed by atoms with Crippen molar-refractivity contribution in [1.82, 2.24) is 5.43 Å². The van der Waals surface area contributed by atoms with E-state index in [0.29, 0.717) is 12.4 Å². The molecule has 0 aliphatic carbocycles. The van der Waals surface area contributed by atoms with Crippen molar-refractivity contribution in [3.63, 3.8) is 0 Å². The van der Waals surface area contributed by atoms with E-state index in [1.807, 2.05) is 18.2 Å². The Bertz CT molecular complexity index is 416. The molecular formula is C12H14N2O3. The Morgan fingerprint density at radius 3 is 3.12 bits per heavy atom. The van der Waals surface area contributed by atoms with Gasteiger partial charge in [0, 0.05) is 0 Å². The van der Waals surface area contributed by atoms with E-state index in [0.717, 1.165) is 5.56 Å². The van der Waals surface area contributed by atoms with Gasteiger partial charge in [-0.05, 0) is 17.7 Å². The third kappa shape index (κ3) is 4.94. The van der Waals surface area contributed by atoms with Crippen LogP contribution in [0.25, 0.3) is 0 Å². The summed E-state index contributed by atoms with van der Waals surface area (Å²) in [5, 5.41) is 12.1. The summed E-state index contributed by atoms with van der Waals surface area (Å²) in [6, 6.07) is 7.22. The molecule has 2 N–H and O–H groups in total. The van der Waals surface area contributed by atoms with Crippen molar-refractivity contribution in [2.75, 3.05) is 13.2 Å². The Labute approximate surface area is 99.4 Å². The molecule has 0 radical (unpaired) electrons. The van der Waals surface area contributed by atoms with E-state index in [1.54, 1.807) is 12.1 Å². The summed E-state index contributed by atoms with van der Waals surface area (Å²) in [4.78, 5) is 10.7. The second-order valence-corrected chi connectivity index (χ2v) is 3.12. The Balaban J connectivity index is 2.58. The van der Waals surface area contributed by atoms with Crippen molar-refractivity contribution < 1.29 is 14.6 Å².